The van der Waals surface area contributed by atoms with Crippen molar-refractivity contribution in [1.29, 1.82) is 0 Å². The van der Waals surface area contributed by atoms with Crippen LogP contribution in [0.4, 0.5) is 0 Å². The molecular weight excluding hydrogens is 312 g/mol. The van der Waals surface area contributed by atoms with Crippen molar-refractivity contribution in [2.75, 3.05) is 0 Å². The van der Waals surface area contributed by atoms with Gasteiger partial charge >= 0.3 is 0 Å². The summed E-state index contributed by atoms with van der Waals surface area (Å²) in [6, 6.07) is 18.6. The van der Waals surface area contributed by atoms with Gasteiger partial charge in [0, 0.05) is 11.1 Å². The third-order valence-electron chi connectivity index (χ3n) is 3.75. The highest BCUT2D eigenvalue weighted by Crippen LogP contribution is 2.20. The minimum absolute atomic E-state index is 0.0687. The topological polar surface area (TPSA) is 96.4 Å². The Labute approximate surface area is 146 Å². The molecule has 2 aromatic carbocycles. The Morgan fingerprint density at radius 3 is 2.48 bits per heavy atom. The number of aryl methyl sites for hydroxylation is 1. The maximum absolute atomic E-state index is 5.33. The van der Waals surface area contributed by atoms with Crippen LogP contribution in [0, 0.1) is 6.92 Å². The first-order valence-corrected chi connectivity index (χ1v) is 7.97. The van der Waals surface area contributed by atoms with Crippen molar-refractivity contribution in [3.05, 3.63) is 77.5 Å². The molecular formula is C19H21N6+. The van der Waals surface area contributed by atoms with Gasteiger partial charge in [0.05, 0.1) is 11.8 Å². The highest BCUT2D eigenvalue weighted by molar-refractivity contribution is 5.88. The second kappa shape index (κ2) is 7.44. The van der Waals surface area contributed by atoms with E-state index in [1.165, 1.54) is 11.1 Å². The summed E-state index contributed by atoms with van der Waals surface area (Å²) in [6.07, 6.45) is 3.64. The van der Waals surface area contributed by atoms with Crippen molar-refractivity contribution in [2.45, 2.75) is 13.5 Å². The quantitative estimate of drug-likeness (QED) is 0.288. The molecule has 126 valence electrons. The molecule has 0 spiro atoms. The number of nitrogens with zero attached hydrogens (tertiary/aromatic N) is 3. The lowest BCUT2D eigenvalue weighted by Gasteiger charge is -1.98. The number of hydrogen-bond acceptors (Lipinski definition) is 2. The molecule has 0 aliphatic rings. The van der Waals surface area contributed by atoms with Crippen molar-refractivity contribution in [2.24, 2.45) is 21.7 Å². The van der Waals surface area contributed by atoms with E-state index in [1.54, 1.807) is 6.21 Å². The van der Waals surface area contributed by atoms with Crippen LogP contribution in [-0.2, 0) is 6.54 Å². The van der Waals surface area contributed by atoms with Gasteiger partial charge in [-0.2, -0.15) is 10.2 Å². The predicted octanol–water partition coefficient (Wildman–Crippen LogP) is 1.93. The minimum Gasteiger partial charge on any atom is -0.369 e. The third-order valence-corrected chi connectivity index (χ3v) is 3.75. The molecule has 0 saturated carbocycles. The number of H-pyrrole nitrogens is 1. The van der Waals surface area contributed by atoms with Gasteiger partial charge in [-0.25, -0.2) is 0 Å². The number of guanidine groups is 1. The zero-order valence-corrected chi connectivity index (χ0v) is 14.1. The largest absolute Gasteiger partial charge is 0.369 e. The standard InChI is InChI=1S/C19H20N6/c1-14-7-9-16(10-8-14)18-17(11-22-23-19(20)21)13-25(24-18)12-15-5-3-2-4-6-15/h2-11,13H,12H2,1H3,(H4,20,21,23)/p+1/b22-11+. The summed E-state index contributed by atoms with van der Waals surface area (Å²) in [5, 5.41) is 11.0. The molecule has 0 amide bonds. The lowest BCUT2D eigenvalue weighted by atomic mass is 10.1. The van der Waals surface area contributed by atoms with E-state index in [9.17, 15) is 0 Å². The van der Waals surface area contributed by atoms with Crippen molar-refractivity contribution < 1.29 is 4.68 Å². The molecule has 0 saturated heterocycles. The van der Waals surface area contributed by atoms with Gasteiger partial charge in [0.2, 0.25) is 12.2 Å². The van der Waals surface area contributed by atoms with Crippen LogP contribution in [0.5, 0.6) is 0 Å². The Balaban J connectivity index is 1.97. The molecule has 0 aliphatic heterocycles. The number of aromatic amines is 1. The average Bonchev–Trinajstić information content (AvgIpc) is 2.99. The van der Waals surface area contributed by atoms with Gasteiger partial charge in [-0.15, -0.1) is 9.78 Å². The second-order valence-electron chi connectivity index (χ2n) is 5.82. The monoisotopic (exact) mass is 333 g/mol. The summed E-state index contributed by atoms with van der Waals surface area (Å²) in [7, 11) is 0. The van der Waals surface area contributed by atoms with E-state index in [0.717, 1.165) is 23.4 Å². The average molecular weight is 333 g/mol. The van der Waals surface area contributed by atoms with Crippen LogP contribution in [-0.4, -0.2) is 17.3 Å². The van der Waals surface area contributed by atoms with Gasteiger partial charge in [0.15, 0.2) is 6.54 Å². The van der Waals surface area contributed by atoms with E-state index >= 15 is 0 Å². The maximum atomic E-state index is 5.33. The molecule has 0 atom stereocenters. The first-order valence-electron chi connectivity index (χ1n) is 7.97. The van der Waals surface area contributed by atoms with E-state index in [0.29, 0.717) is 0 Å². The highest BCUT2D eigenvalue weighted by Gasteiger charge is 2.15. The smallest absolute Gasteiger partial charge is 0.211 e. The summed E-state index contributed by atoms with van der Waals surface area (Å²) in [5.41, 5.74) is 16.0. The highest BCUT2D eigenvalue weighted by atomic mass is 15.3. The summed E-state index contributed by atoms with van der Waals surface area (Å²) >= 11 is 0. The van der Waals surface area contributed by atoms with Gasteiger partial charge in [-0.3, -0.25) is 0 Å². The van der Waals surface area contributed by atoms with Crippen LogP contribution in [0.2, 0.25) is 0 Å². The van der Waals surface area contributed by atoms with E-state index in [1.807, 2.05) is 29.1 Å². The SMILES string of the molecule is Cc1ccc(-c2[nH][n+](Cc3ccccc3)cc2/C=N/N=C(N)N)cc1. The molecule has 6 heteroatoms. The summed E-state index contributed by atoms with van der Waals surface area (Å²) < 4.78 is 2.02. The summed E-state index contributed by atoms with van der Waals surface area (Å²) in [6.45, 7) is 2.80. The molecule has 6 nitrogen and oxygen atoms in total. The molecule has 0 radical (unpaired) electrons. The number of nitrogens with one attached hydrogen (secondary N) is 1. The Morgan fingerprint density at radius 2 is 1.80 bits per heavy atom. The van der Waals surface area contributed by atoms with E-state index in [4.69, 9.17) is 11.5 Å². The Bertz CT molecular complexity index is 887. The van der Waals surface area contributed by atoms with Crippen LogP contribution in [0.25, 0.3) is 11.3 Å². The lowest BCUT2D eigenvalue weighted by Crippen LogP contribution is -2.35. The number of aromatic nitrogens is 2. The first kappa shape index (κ1) is 16.4. The first-order chi connectivity index (χ1) is 12.1. The predicted molar refractivity (Wildman–Crippen MR) is 100 cm³/mol. The number of benzene rings is 2. The molecule has 3 rings (SSSR count). The van der Waals surface area contributed by atoms with Crippen molar-refractivity contribution in [1.82, 2.24) is 5.10 Å². The molecule has 5 N–H and O–H groups in total. The van der Waals surface area contributed by atoms with Crippen LogP contribution in [0.1, 0.15) is 16.7 Å². The van der Waals surface area contributed by atoms with Crippen molar-refractivity contribution in [3.8, 4) is 11.3 Å². The van der Waals surface area contributed by atoms with Gasteiger partial charge in [-0.05, 0) is 6.92 Å². The van der Waals surface area contributed by atoms with Gasteiger partial charge in [0.1, 0.15) is 5.69 Å². The molecule has 3 aromatic rings. The minimum atomic E-state index is -0.0687. The fourth-order valence-electron chi connectivity index (χ4n) is 2.55. The van der Waals surface area contributed by atoms with Crippen LogP contribution in [0.3, 0.4) is 0 Å². The molecule has 0 fully saturated rings. The van der Waals surface area contributed by atoms with Crippen molar-refractivity contribution >= 4 is 12.2 Å². The van der Waals surface area contributed by atoms with E-state index < -0.39 is 0 Å². The van der Waals surface area contributed by atoms with Gasteiger partial charge in [-0.1, -0.05) is 60.2 Å². The molecule has 1 heterocycles. The van der Waals surface area contributed by atoms with Crippen molar-refractivity contribution in [3.63, 3.8) is 0 Å². The van der Waals surface area contributed by atoms with Crippen LogP contribution in [0.15, 0.2) is 71.0 Å². The van der Waals surface area contributed by atoms with E-state index in [-0.39, 0.29) is 5.96 Å². The number of hydrogen-bond donors (Lipinski definition) is 3. The lowest BCUT2D eigenvalue weighted by molar-refractivity contribution is -0.741. The Hall–Kier alpha value is -3.41. The number of nitrogens with two attached hydrogens (primary N) is 2. The Morgan fingerprint density at radius 1 is 1.08 bits per heavy atom. The normalized spacial score (nSPS) is 10.9. The van der Waals surface area contributed by atoms with Gasteiger partial charge < -0.3 is 11.5 Å². The second-order valence-corrected chi connectivity index (χ2v) is 5.82. The Kier molecular flexibility index (Phi) is 4.89. The molecule has 25 heavy (non-hydrogen) atoms. The summed E-state index contributed by atoms with van der Waals surface area (Å²) in [4.78, 5) is 0. The number of rotatable bonds is 5. The zero-order valence-electron chi connectivity index (χ0n) is 14.1. The maximum Gasteiger partial charge on any atom is 0.211 e. The third kappa shape index (κ3) is 4.32. The van der Waals surface area contributed by atoms with E-state index in [2.05, 4.69) is 58.6 Å². The summed E-state index contributed by atoms with van der Waals surface area (Å²) in [5.74, 6) is -0.0687. The van der Waals surface area contributed by atoms with Crippen LogP contribution < -0.4 is 16.1 Å². The van der Waals surface area contributed by atoms with Gasteiger partial charge in [0.25, 0.3) is 0 Å². The molecule has 1 aromatic heterocycles. The van der Waals surface area contributed by atoms with Crippen LogP contribution >= 0.6 is 0 Å². The fourth-order valence-corrected chi connectivity index (χ4v) is 2.55. The molecule has 0 aliphatic carbocycles. The zero-order chi connectivity index (χ0) is 17.6. The molecule has 0 bridgehead atoms. The molecule has 0 unspecified atom stereocenters. The fraction of sp³-hybridized carbons (Fsp3) is 0.105.